The minimum atomic E-state index is -0.414. The van der Waals surface area contributed by atoms with Crippen molar-refractivity contribution in [2.24, 2.45) is 0 Å². The highest BCUT2D eigenvalue weighted by atomic mass is 32.1. The second-order valence-electron chi connectivity index (χ2n) is 19.4. The average Bonchev–Trinajstić information content (AvgIpc) is 3.87. The Hall–Kier alpha value is -6.10. The van der Waals surface area contributed by atoms with Crippen LogP contribution in [0.15, 0.2) is 158 Å². The summed E-state index contributed by atoms with van der Waals surface area (Å²) in [7, 11) is 0. The molecule has 2 aliphatic carbocycles. The first-order valence-corrected chi connectivity index (χ1v) is 22.3. The molecule has 4 aliphatic rings. The van der Waals surface area contributed by atoms with E-state index in [4.69, 9.17) is 0 Å². The van der Waals surface area contributed by atoms with E-state index in [2.05, 4.69) is 227 Å². The van der Waals surface area contributed by atoms with Crippen LogP contribution in [0.5, 0.6) is 0 Å². The van der Waals surface area contributed by atoms with Gasteiger partial charge in [-0.15, -0.1) is 11.3 Å². The molecule has 12 rings (SSSR count). The van der Waals surface area contributed by atoms with Crippen LogP contribution in [0, 0.1) is 6.92 Å². The zero-order chi connectivity index (χ0) is 40.9. The highest BCUT2D eigenvalue weighted by molar-refractivity contribution is 7.30. The number of hydrogen-bond donors (Lipinski definition) is 0. The van der Waals surface area contributed by atoms with Gasteiger partial charge in [-0.3, -0.25) is 0 Å². The predicted molar refractivity (Wildman–Crippen MR) is 257 cm³/mol. The van der Waals surface area contributed by atoms with Crippen LogP contribution in [-0.2, 0) is 16.2 Å². The van der Waals surface area contributed by atoms with Gasteiger partial charge in [-0.05, 0) is 121 Å². The lowest BCUT2D eigenvalue weighted by atomic mass is 9.36. The topological polar surface area (TPSA) is 6.48 Å². The standard InChI is InChI=1S/C56H47BN2S/c1-34-32-47-50-48(33-34)59(38-30-26-36(27-31-38)55(5,6)7)51-49-41-18-10-13-21-44(41)56(42-19-11-8-16-39(42)40-17-9-12-20-43(40)56)52(49)60-53(51)57(50)45-22-14-15-23-46(45)58(47)37-28-24-35(25-29-37)54(2,3)4/h8-33H,1-7H3. The van der Waals surface area contributed by atoms with Gasteiger partial charge in [0.05, 0.1) is 11.1 Å². The molecule has 4 heteroatoms. The fourth-order valence-electron chi connectivity index (χ4n) is 11.1. The van der Waals surface area contributed by atoms with E-state index in [0.717, 1.165) is 0 Å². The Kier molecular flexibility index (Phi) is 7.31. The molecular weight excluding hydrogens is 744 g/mol. The number of anilines is 6. The molecule has 0 fully saturated rings. The van der Waals surface area contributed by atoms with Crippen molar-refractivity contribution in [1.82, 2.24) is 0 Å². The third kappa shape index (κ3) is 4.66. The number of thiophene rings is 1. The van der Waals surface area contributed by atoms with Gasteiger partial charge in [0.2, 0.25) is 0 Å². The first-order chi connectivity index (χ1) is 29.0. The van der Waals surface area contributed by atoms with Gasteiger partial charge in [0.15, 0.2) is 0 Å². The van der Waals surface area contributed by atoms with Gasteiger partial charge in [0.1, 0.15) is 0 Å². The van der Waals surface area contributed by atoms with Crippen LogP contribution >= 0.6 is 11.3 Å². The fraction of sp³-hybridized carbons (Fsp3) is 0.179. The minimum Gasteiger partial charge on any atom is -0.311 e. The maximum Gasteiger partial charge on any atom is 0.264 e. The molecule has 1 spiro atoms. The van der Waals surface area contributed by atoms with Gasteiger partial charge in [-0.25, -0.2) is 0 Å². The molecule has 0 unspecified atom stereocenters. The Morgan fingerprint density at radius 3 is 1.53 bits per heavy atom. The second-order valence-corrected chi connectivity index (χ2v) is 20.4. The molecule has 290 valence electrons. The molecule has 3 heterocycles. The van der Waals surface area contributed by atoms with Crippen LogP contribution in [-0.4, -0.2) is 6.71 Å². The van der Waals surface area contributed by atoms with Crippen molar-refractivity contribution < 1.29 is 0 Å². The number of rotatable bonds is 2. The lowest BCUT2D eigenvalue weighted by Gasteiger charge is -2.43. The van der Waals surface area contributed by atoms with Gasteiger partial charge in [0.25, 0.3) is 6.71 Å². The molecule has 8 aromatic rings. The lowest BCUT2D eigenvalue weighted by molar-refractivity contribution is 0.590. The van der Waals surface area contributed by atoms with Crippen molar-refractivity contribution >= 4 is 67.9 Å². The largest absolute Gasteiger partial charge is 0.311 e. The van der Waals surface area contributed by atoms with Crippen LogP contribution in [0.4, 0.5) is 34.1 Å². The van der Waals surface area contributed by atoms with Gasteiger partial charge < -0.3 is 9.80 Å². The Morgan fingerprint density at radius 1 is 0.500 bits per heavy atom. The summed E-state index contributed by atoms with van der Waals surface area (Å²) < 4.78 is 1.42. The van der Waals surface area contributed by atoms with Crippen molar-refractivity contribution in [2.75, 3.05) is 9.80 Å². The molecule has 2 nitrogen and oxygen atoms in total. The fourth-order valence-corrected chi connectivity index (χ4v) is 12.8. The summed E-state index contributed by atoms with van der Waals surface area (Å²) in [5, 5.41) is 0. The summed E-state index contributed by atoms with van der Waals surface area (Å²) >= 11 is 2.06. The van der Waals surface area contributed by atoms with Crippen LogP contribution in [0.3, 0.4) is 0 Å². The Morgan fingerprint density at radius 2 is 0.967 bits per heavy atom. The summed E-state index contributed by atoms with van der Waals surface area (Å²) in [6.07, 6.45) is 0. The van der Waals surface area contributed by atoms with E-state index >= 15 is 0 Å². The molecule has 0 saturated heterocycles. The Balaban J connectivity index is 1.20. The van der Waals surface area contributed by atoms with Crippen molar-refractivity contribution in [3.8, 4) is 22.3 Å². The monoisotopic (exact) mass is 790 g/mol. The third-order valence-electron chi connectivity index (χ3n) is 13.8. The molecule has 0 saturated carbocycles. The summed E-state index contributed by atoms with van der Waals surface area (Å²) in [5.74, 6) is 0. The van der Waals surface area contributed by atoms with Gasteiger partial charge in [-0.1, -0.05) is 157 Å². The molecule has 2 aliphatic heterocycles. The van der Waals surface area contributed by atoms with Crippen molar-refractivity contribution in [3.05, 3.63) is 196 Å². The molecular formula is C56H47BN2S. The first-order valence-electron chi connectivity index (χ1n) is 21.5. The summed E-state index contributed by atoms with van der Waals surface area (Å²) in [4.78, 5) is 6.63. The lowest BCUT2D eigenvalue weighted by Crippen LogP contribution is -2.60. The number of fused-ring (bicyclic) bond motifs is 15. The van der Waals surface area contributed by atoms with Crippen molar-refractivity contribution in [3.63, 3.8) is 0 Å². The Labute approximate surface area is 358 Å². The molecule has 0 N–H and O–H groups in total. The molecule has 0 radical (unpaired) electrons. The smallest absolute Gasteiger partial charge is 0.264 e. The van der Waals surface area contributed by atoms with Gasteiger partial charge in [-0.2, -0.15) is 0 Å². The first kappa shape index (κ1) is 35.8. The maximum absolute atomic E-state index is 2.65. The summed E-state index contributed by atoms with van der Waals surface area (Å²) in [6, 6.07) is 60.6. The third-order valence-corrected chi connectivity index (χ3v) is 15.2. The molecule has 0 atom stereocenters. The molecule has 0 bridgehead atoms. The zero-order valence-corrected chi connectivity index (χ0v) is 36.2. The zero-order valence-electron chi connectivity index (χ0n) is 35.4. The van der Waals surface area contributed by atoms with Crippen LogP contribution in [0.2, 0.25) is 0 Å². The minimum absolute atomic E-state index is 0.0458. The average molecular weight is 791 g/mol. The number of para-hydroxylation sites is 1. The van der Waals surface area contributed by atoms with Crippen LogP contribution in [0.1, 0.15) is 79.8 Å². The number of nitrogens with zero attached hydrogens (tertiary/aromatic N) is 2. The Bertz CT molecular complexity index is 3040. The van der Waals surface area contributed by atoms with Crippen molar-refractivity contribution in [1.29, 1.82) is 0 Å². The SMILES string of the molecule is Cc1cc2c3c(c1)N(c1ccc(C(C)(C)C)cc1)c1c(sc4c1-c1ccccc1C41c4ccccc4-c4ccccc41)B3c1ccccc1N2c1ccc(C(C)(C)C)cc1. The van der Waals surface area contributed by atoms with E-state index in [-0.39, 0.29) is 17.5 Å². The van der Waals surface area contributed by atoms with E-state index in [9.17, 15) is 0 Å². The molecule has 1 aromatic heterocycles. The van der Waals surface area contributed by atoms with Crippen molar-refractivity contribution in [2.45, 2.75) is 64.7 Å². The van der Waals surface area contributed by atoms with E-state index in [1.165, 1.54) is 110 Å². The number of aryl methyl sites for hydroxylation is 1. The highest BCUT2D eigenvalue weighted by Gasteiger charge is 2.56. The number of hydrogen-bond acceptors (Lipinski definition) is 3. The van der Waals surface area contributed by atoms with E-state index in [0.29, 0.717) is 0 Å². The molecule has 60 heavy (non-hydrogen) atoms. The van der Waals surface area contributed by atoms with Gasteiger partial charge in [0, 0.05) is 43.7 Å². The van der Waals surface area contributed by atoms with Crippen LogP contribution < -0.4 is 25.5 Å². The second kappa shape index (κ2) is 12.2. The van der Waals surface area contributed by atoms with E-state index < -0.39 is 5.41 Å². The maximum atomic E-state index is 2.65. The van der Waals surface area contributed by atoms with E-state index in [1.807, 2.05) is 0 Å². The predicted octanol–water partition coefficient (Wildman–Crippen LogP) is 13.1. The molecule has 0 amide bonds. The molecule has 7 aromatic carbocycles. The summed E-state index contributed by atoms with van der Waals surface area (Å²) in [5.41, 5.74) is 23.4. The summed E-state index contributed by atoms with van der Waals surface area (Å²) in [6.45, 7) is 16.1. The van der Waals surface area contributed by atoms with E-state index in [1.54, 1.807) is 0 Å². The van der Waals surface area contributed by atoms with Crippen LogP contribution in [0.25, 0.3) is 22.3 Å². The normalized spacial score (nSPS) is 14.9. The number of benzene rings is 7. The highest BCUT2D eigenvalue weighted by Crippen LogP contribution is 2.66. The quantitative estimate of drug-likeness (QED) is 0.161. The van der Waals surface area contributed by atoms with Gasteiger partial charge >= 0.3 is 0 Å².